The lowest BCUT2D eigenvalue weighted by atomic mass is 9.79. The Labute approximate surface area is 206 Å². The third kappa shape index (κ3) is 6.05. The molecule has 1 aliphatic carbocycles. The van der Waals surface area contributed by atoms with E-state index in [1.807, 2.05) is 12.1 Å². The van der Waals surface area contributed by atoms with Crippen LogP contribution in [0.3, 0.4) is 0 Å². The molecule has 1 fully saturated rings. The van der Waals surface area contributed by atoms with Gasteiger partial charge in [0.2, 0.25) is 0 Å². The van der Waals surface area contributed by atoms with Crippen LogP contribution in [0.25, 0.3) is 23.3 Å². The first-order valence-electron chi connectivity index (χ1n) is 12.3. The molecule has 1 saturated carbocycles. The molecule has 0 aromatic heterocycles. The molecule has 3 aromatic rings. The van der Waals surface area contributed by atoms with Crippen molar-refractivity contribution in [3.8, 4) is 16.9 Å². The van der Waals surface area contributed by atoms with Gasteiger partial charge in [0.15, 0.2) is 11.6 Å². The van der Waals surface area contributed by atoms with Crippen LogP contribution in [0.15, 0.2) is 67.3 Å². The predicted octanol–water partition coefficient (Wildman–Crippen LogP) is 9.19. The van der Waals surface area contributed by atoms with Crippen LogP contribution in [-0.2, 0) is 0 Å². The molecule has 0 aliphatic heterocycles. The van der Waals surface area contributed by atoms with E-state index >= 15 is 0 Å². The fourth-order valence-electron chi connectivity index (χ4n) is 4.63. The van der Waals surface area contributed by atoms with Gasteiger partial charge in [0.05, 0.1) is 6.61 Å². The highest BCUT2D eigenvalue weighted by atomic mass is 19.2. The van der Waals surface area contributed by atoms with Gasteiger partial charge in [-0.3, -0.25) is 0 Å². The summed E-state index contributed by atoms with van der Waals surface area (Å²) in [6.45, 7) is 6.30. The van der Waals surface area contributed by atoms with Gasteiger partial charge in [0.25, 0.3) is 0 Å². The number of ether oxygens (including phenoxy) is 1. The average molecular weight is 477 g/mol. The molecule has 0 spiro atoms. The van der Waals surface area contributed by atoms with Gasteiger partial charge in [-0.2, -0.15) is 0 Å². The van der Waals surface area contributed by atoms with Gasteiger partial charge in [-0.1, -0.05) is 74.4 Å². The summed E-state index contributed by atoms with van der Waals surface area (Å²) in [5, 5.41) is 0. The summed E-state index contributed by atoms with van der Waals surface area (Å²) in [4.78, 5) is 0. The summed E-state index contributed by atoms with van der Waals surface area (Å²) in [5.74, 6) is -0.665. The van der Waals surface area contributed by atoms with Gasteiger partial charge in [0.1, 0.15) is 11.6 Å². The van der Waals surface area contributed by atoms with Crippen LogP contribution in [0.4, 0.5) is 13.2 Å². The predicted molar refractivity (Wildman–Crippen MR) is 138 cm³/mol. The van der Waals surface area contributed by atoms with Crippen LogP contribution < -0.4 is 4.74 Å². The lowest BCUT2D eigenvalue weighted by Crippen LogP contribution is -2.13. The van der Waals surface area contributed by atoms with E-state index < -0.39 is 11.6 Å². The zero-order valence-electron chi connectivity index (χ0n) is 20.1. The molecule has 0 bridgehead atoms. The van der Waals surface area contributed by atoms with Gasteiger partial charge in [-0.25, -0.2) is 13.2 Å². The van der Waals surface area contributed by atoms with E-state index in [1.165, 1.54) is 6.07 Å². The molecule has 1 aliphatic rings. The molecule has 3 aromatic carbocycles. The smallest absolute Gasteiger partial charge is 0.166 e. The lowest BCUT2D eigenvalue weighted by Gasteiger charge is -2.27. The number of hydrogen-bond acceptors (Lipinski definition) is 1. The third-order valence-electron chi connectivity index (χ3n) is 6.81. The minimum Gasteiger partial charge on any atom is -0.493 e. The summed E-state index contributed by atoms with van der Waals surface area (Å²) in [6, 6.07) is 15.3. The minimum absolute atomic E-state index is 0.0930. The topological polar surface area (TPSA) is 9.23 Å². The molecule has 0 atom stereocenters. The van der Waals surface area contributed by atoms with Crippen LogP contribution in [0.2, 0.25) is 0 Å². The monoisotopic (exact) mass is 476 g/mol. The largest absolute Gasteiger partial charge is 0.493 e. The van der Waals surface area contributed by atoms with E-state index in [9.17, 15) is 13.2 Å². The second-order valence-corrected chi connectivity index (χ2v) is 9.35. The Morgan fingerprint density at radius 2 is 1.63 bits per heavy atom. The molecule has 4 rings (SSSR count). The minimum atomic E-state index is -0.790. The molecular weight excluding hydrogens is 445 g/mol. The summed E-state index contributed by atoms with van der Waals surface area (Å²) in [7, 11) is 0. The normalized spacial score (nSPS) is 18.1. The highest BCUT2D eigenvalue weighted by Crippen LogP contribution is 2.38. The molecule has 182 valence electrons. The number of hydrogen-bond donors (Lipinski definition) is 0. The van der Waals surface area contributed by atoms with E-state index in [-0.39, 0.29) is 17.3 Å². The average Bonchev–Trinajstić information content (AvgIpc) is 2.86. The number of benzene rings is 3. The second kappa shape index (κ2) is 11.4. The maximum atomic E-state index is 15.0. The van der Waals surface area contributed by atoms with Gasteiger partial charge in [0, 0.05) is 17.2 Å². The molecule has 0 N–H and O–H groups in total. The maximum absolute atomic E-state index is 15.0. The van der Waals surface area contributed by atoms with Crippen LogP contribution in [-0.4, -0.2) is 6.61 Å². The van der Waals surface area contributed by atoms with Crippen molar-refractivity contribution in [3.63, 3.8) is 0 Å². The van der Waals surface area contributed by atoms with Crippen molar-refractivity contribution >= 4 is 12.2 Å². The van der Waals surface area contributed by atoms with E-state index in [4.69, 9.17) is 4.74 Å². The van der Waals surface area contributed by atoms with Gasteiger partial charge in [-0.15, -0.1) is 6.58 Å². The summed E-state index contributed by atoms with van der Waals surface area (Å²) < 4.78 is 49.8. The fraction of sp³-hybridized carbons (Fsp3) is 0.290. The van der Waals surface area contributed by atoms with Crippen LogP contribution in [0, 0.1) is 23.4 Å². The zero-order chi connectivity index (χ0) is 24.8. The molecule has 35 heavy (non-hydrogen) atoms. The Balaban J connectivity index is 1.46. The molecular formula is C31H31F3O. The van der Waals surface area contributed by atoms with Gasteiger partial charge >= 0.3 is 0 Å². The molecule has 0 heterocycles. The van der Waals surface area contributed by atoms with Crippen molar-refractivity contribution in [2.45, 2.75) is 44.9 Å². The van der Waals surface area contributed by atoms with Gasteiger partial charge in [-0.05, 0) is 59.9 Å². The first kappa shape index (κ1) is 24.8. The van der Waals surface area contributed by atoms with Crippen molar-refractivity contribution in [2.24, 2.45) is 5.92 Å². The van der Waals surface area contributed by atoms with Crippen molar-refractivity contribution in [1.29, 1.82) is 0 Å². The van der Waals surface area contributed by atoms with Gasteiger partial charge < -0.3 is 4.74 Å². The molecule has 4 heteroatoms. The van der Waals surface area contributed by atoms with E-state index in [0.717, 1.165) is 31.2 Å². The van der Waals surface area contributed by atoms with Crippen molar-refractivity contribution in [1.82, 2.24) is 0 Å². The first-order chi connectivity index (χ1) is 17.0. The van der Waals surface area contributed by atoms with Crippen molar-refractivity contribution in [3.05, 3.63) is 101 Å². The lowest BCUT2D eigenvalue weighted by molar-refractivity contribution is 0.323. The van der Waals surface area contributed by atoms with Crippen molar-refractivity contribution < 1.29 is 17.9 Å². The maximum Gasteiger partial charge on any atom is 0.166 e. The van der Waals surface area contributed by atoms with Crippen LogP contribution in [0.5, 0.6) is 5.75 Å². The Kier molecular flexibility index (Phi) is 8.12. The quantitative estimate of drug-likeness (QED) is 0.179. The van der Waals surface area contributed by atoms with Crippen LogP contribution >= 0.6 is 0 Å². The highest BCUT2D eigenvalue weighted by molar-refractivity contribution is 5.73. The zero-order valence-corrected chi connectivity index (χ0v) is 20.1. The standard InChI is InChI=1S/C31H31F3O/c1-3-4-19-35-26-16-15-25(29(32)20-26)14-9-22-7-12-24(13-8-22)28-18-17-27(30(33)31(28)34)23-10-5-21(2)6-11-23/h3,7-9,12-18,20-21,23H,1,4-6,10-11,19H2,2H3/b14-9+. The van der Waals surface area contributed by atoms with E-state index in [0.29, 0.717) is 41.4 Å². The van der Waals surface area contributed by atoms with Crippen molar-refractivity contribution in [2.75, 3.05) is 6.61 Å². The SMILES string of the molecule is C=CCCOc1ccc(/C=C/c2ccc(-c3ccc(C4CCC(C)CC4)c(F)c3F)cc2)c(F)c1. The Hall–Kier alpha value is -3.27. The third-order valence-corrected chi connectivity index (χ3v) is 6.81. The summed E-state index contributed by atoms with van der Waals surface area (Å²) >= 11 is 0. The number of halogens is 3. The second-order valence-electron chi connectivity index (χ2n) is 9.35. The molecule has 0 unspecified atom stereocenters. The van der Waals surface area contributed by atoms with Crippen LogP contribution in [0.1, 0.15) is 61.6 Å². The van der Waals surface area contributed by atoms with E-state index in [2.05, 4.69) is 13.5 Å². The summed E-state index contributed by atoms with van der Waals surface area (Å²) in [5.41, 5.74) is 2.62. The Bertz CT molecular complexity index is 1190. The fourth-order valence-corrected chi connectivity index (χ4v) is 4.63. The molecule has 0 amide bonds. The molecule has 0 radical (unpaired) electrons. The molecule has 0 saturated heterocycles. The molecule has 1 nitrogen and oxygen atoms in total. The summed E-state index contributed by atoms with van der Waals surface area (Å²) in [6.07, 6.45) is 9.83. The Morgan fingerprint density at radius 1 is 0.886 bits per heavy atom. The van der Waals surface area contributed by atoms with E-state index in [1.54, 1.807) is 54.6 Å². The highest BCUT2D eigenvalue weighted by Gasteiger charge is 2.25. The Morgan fingerprint density at radius 3 is 2.31 bits per heavy atom. The first-order valence-corrected chi connectivity index (χ1v) is 12.3. The number of rotatable bonds is 8.